The van der Waals surface area contributed by atoms with Gasteiger partial charge in [-0.1, -0.05) is 0 Å². The molecule has 0 aromatic heterocycles. The van der Waals surface area contributed by atoms with E-state index >= 15 is 0 Å². The first-order valence-corrected chi connectivity index (χ1v) is 4.35. The fourth-order valence-corrected chi connectivity index (χ4v) is 0.828. The maximum absolute atomic E-state index is 11.1. The van der Waals surface area contributed by atoms with Crippen molar-refractivity contribution in [1.29, 1.82) is 0 Å². The molecule has 0 bridgehead atoms. The summed E-state index contributed by atoms with van der Waals surface area (Å²) in [7, 11) is 0. The lowest BCUT2D eigenvalue weighted by molar-refractivity contribution is -0.143. The van der Waals surface area contributed by atoms with Gasteiger partial charge >= 0.3 is 11.9 Å². The average Bonchev–Trinajstić information content (AvgIpc) is 2.10. The van der Waals surface area contributed by atoms with Crippen molar-refractivity contribution in [2.45, 2.75) is 31.8 Å². The third-order valence-electron chi connectivity index (χ3n) is 1.68. The molecule has 7 nitrogen and oxygen atoms in total. The van der Waals surface area contributed by atoms with E-state index in [1.165, 1.54) is 6.92 Å². The predicted molar refractivity (Wildman–Crippen MR) is 50.1 cm³/mol. The fourth-order valence-electron chi connectivity index (χ4n) is 0.828. The van der Waals surface area contributed by atoms with E-state index in [0.29, 0.717) is 0 Å². The zero-order valence-corrected chi connectivity index (χ0v) is 8.27. The first kappa shape index (κ1) is 13.4. The van der Waals surface area contributed by atoms with Crippen molar-refractivity contribution < 1.29 is 24.6 Å². The summed E-state index contributed by atoms with van der Waals surface area (Å²) in [4.78, 5) is 31.9. The lowest BCUT2D eigenvalue weighted by Crippen LogP contribution is -2.47. The topological polar surface area (TPSA) is 130 Å². The van der Waals surface area contributed by atoms with Crippen LogP contribution in [0.4, 0.5) is 0 Å². The van der Waals surface area contributed by atoms with Gasteiger partial charge in [0.2, 0.25) is 5.91 Å². The van der Waals surface area contributed by atoms with Crippen LogP contribution in [0.15, 0.2) is 0 Å². The molecule has 0 fully saturated rings. The van der Waals surface area contributed by atoms with Gasteiger partial charge < -0.3 is 21.3 Å². The standard InChI is InChI=1S/C8H14N2O5/c1-4(9)7(13)10-5(8(14)15)2-3-6(11)12/h4-5H,2-3,9H2,1H3,(H,10,13)(H,11,12)(H,14,15). The molecular weight excluding hydrogens is 204 g/mol. The predicted octanol–water partition coefficient (Wildman–Crippen LogP) is -1.23. The van der Waals surface area contributed by atoms with Gasteiger partial charge in [-0.15, -0.1) is 0 Å². The molecule has 0 aliphatic rings. The summed E-state index contributed by atoms with van der Waals surface area (Å²) in [5.41, 5.74) is 5.22. The number of hydrogen-bond acceptors (Lipinski definition) is 4. The Hall–Kier alpha value is -1.63. The second kappa shape index (κ2) is 5.97. The lowest BCUT2D eigenvalue weighted by atomic mass is 10.1. The van der Waals surface area contributed by atoms with Crippen LogP contribution in [0.2, 0.25) is 0 Å². The molecule has 15 heavy (non-hydrogen) atoms. The first-order valence-electron chi connectivity index (χ1n) is 4.35. The second-order valence-corrected chi connectivity index (χ2v) is 3.12. The third kappa shape index (κ3) is 5.63. The molecule has 0 aromatic carbocycles. The minimum absolute atomic E-state index is 0.164. The second-order valence-electron chi connectivity index (χ2n) is 3.12. The Morgan fingerprint density at radius 1 is 1.33 bits per heavy atom. The molecule has 2 unspecified atom stereocenters. The van der Waals surface area contributed by atoms with Crippen LogP contribution in [0.25, 0.3) is 0 Å². The third-order valence-corrected chi connectivity index (χ3v) is 1.68. The summed E-state index contributed by atoms with van der Waals surface area (Å²) in [5.74, 6) is -3.01. The number of nitrogens with two attached hydrogens (primary N) is 1. The zero-order chi connectivity index (χ0) is 12.0. The van der Waals surface area contributed by atoms with Crippen molar-refractivity contribution >= 4 is 17.8 Å². The first-order chi connectivity index (χ1) is 6.84. The van der Waals surface area contributed by atoms with E-state index in [0.717, 1.165) is 0 Å². The molecule has 1 amide bonds. The minimum atomic E-state index is -1.27. The number of carboxylic acid groups (broad SMARTS) is 2. The molecule has 0 heterocycles. The molecule has 0 aliphatic heterocycles. The van der Waals surface area contributed by atoms with E-state index in [4.69, 9.17) is 15.9 Å². The van der Waals surface area contributed by atoms with Gasteiger partial charge in [-0.05, 0) is 13.3 Å². The highest BCUT2D eigenvalue weighted by molar-refractivity contribution is 5.86. The molecule has 0 spiro atoms. The molecule has 0 saturated carbocycles. The van der Waals surface area contributed by atoms with Crippen LogP contribution in [0.3, 0.4) is 0 Å². The van der Waals surface area contributed by atoms with Gasteiger partial charge in [0.25, 0.3) is 0 Å². The Morgan fingerprint density at radius 2 is 1.87 bits per heavy atom. The van der Waals surface area contributed by atoms with Crippen molar-refractivity contribution in [3.05, 3.63) is 0 Å². The van der Waals surface area contributed by atoms with Gasteiger partial charge in [0, 0.05) is 6.42 Å². The SMILES string of the molecule is CC(N)C(=O)NC(CCC(=O)O)C(=O)O. The number of aliphatic carboxylic acids is 2. The van der Waals surface area contributed by atoms with E-state index < -0.39 is 29.9 Å². The molecule has 86 valence electrons. The van der Waals surface area contributed by atoms with Gasteiger partial charge in [-0.3, -0.25) is 9.59 Å². The summed E-state index contributed by atoms with van der Waals surface area (Å²) in [6.45, 7) is 1.41. The van der Waals surface area contributed by atoms with Crippen LogP contribution in [0, 0.1) is 0 Å². The minimum Gasteiger partial charge on any atom is -0.481 e. The van der Waals surface area contributed by atoms with Gasteiger partial charge in [0.05, 0.1) is 6.04 Å². The number of amides is 1. The Bertz CT molecular complexity index is 264. The van der Waals surface area contributed by atoms with E-state index in [2.05, 4.69) is 5.32 Å². The molecule has 7 heteroatoms. The summed E-state index contributed by atoms with van der Waals surface area (Å²) in [5, 5.41) is 19.2. The Kier molecular flexibility index (Phi) is 5.32. The lowest BCUT2D eigenvalue weighted by Gasteiger charge is -2.14. The highest BCUT2D eigenvalue weighted by atomic mass is 16.4. The van der Waals surface area contributed by atoms with Crippen LogP contribution < -0.4 is 11.1 Å². The van der Waals surface area contributed by atoms with Gasteiger partial charge in [0.1, 0.15) is 6.04 Å². The van der Waals surface area contributed by atoms with Crippen molar-refractivity contribution in [2.24, 2.45) is 5.73 Å². The molecule has 0 aliphatic carbocycles. The smallest absolute Gasteiger partial charge is 0.326 e. The Morgan fingerprint density at radius 3 is 2.20 bits per heavy atom. The average molecular weight is 218 g/mol. The summed E-state index contributed by atoms with van der Waals surface area (Å²) >= 11 is 0. The summed E-state index contributed by atoms with van der Waals surface area (Å²) in [6.07, 6.45) is -0.487. The van der Waals surface area contributed by atoms with Gasteiger partial charge in [0.15, 0.2) is 0 Å². The van der Waals surface area contributed by atoms with E-state index in [9.17, 15) is 14.4 Å². The van der Waals surface area contributed by atoms with Gasteiger partial charge in [-0.25, -0.2) is 4.79 Å². The van der Waals surface area contributed by atoms with Crippen molar-refractivity contribution in [1.82, 2.24) is 5.32 Å². The number of carbonyl (C=O) groups is 3. The monoisotopic (exact) mass is 218 g/mol. The molecule has 2 atom stereocenters. The molecule has 0 saturated heterocycles. The summed E-state index contributed by atoms with van der Waals surface area (Å²) < 4.78 is 0. The molecular formula is C8H14N2O5. The largest absolute Gasteiger partial charge is 0.481 e. The molecule has 0 rings (SSSR count). The molecule has 5 N–H and O–H groups in total. The number of carbonyl (C=O) groups excluding carboxylic acids is 1. The number of nitrogens with one attached hydrogen (secondary N) is 1. The van der Waals surface area contributed by atoms with E-state index in [1.54, 1.807) is 0 Å². The van der Waals surface area contributed by atoms with Crippen molar-refractivity contribution in [3.8, 4) is 0 Å². The van der Waals surface area contributed by atoms with E-state index in [-0.39, 0.29) is 12.8 Å². The van der Waals surface area contributed by atoms with Crippen LogP contribution in [0.1, 0.15) is 19.8 Å². The zero-order valence-electron chi connectivity index (χ0n) is 8.27. The normalized spacial score (nSPS) is 14.0. The van der Waals surface area contributed by atoms with Crippen LogP contribution in [0.5, 0.6) is 0 Å². The quantitative estimate of drug-likeness (QED) is 0.441. The van der Waals surface area contributed by atoms with Crippen LogP contribution >= 0.6 is 0 Å². The fraction of sp³-hybridized carbons (Fsp3) is 0.625. The van der Waals surface area contributed by atoms with Crippen LogP contribution in [-0.4, -0.2) is 40.1 Å². The van der Waals surface area contributed by atoms with Crippen molar-refractivity contribution in [2.75, 3.05) is 0 Å². The Balaban J connectivity index is 4.22. The maximum atomic E-state index is 11.1. The number of carboxylic acids is 2. The van der Waals surface area contributed by atoms with E-state index in [1.807, 2.05) is 0 Å². The molecule has 0 aromatic rings. The highest BCUT2D eigenvalue weighted by Gasteiger charge is 2.21. The maximum Gasteiger partial charge on any atom is 0.326 e. The Labute approximate surface area is 86.3 Å². The number of rotatable bonds is 6. The van der Waals surface area contributed by atoms with Gasteiger partial charge in [-0.2, -0.15) is 0 Å². The van der Waals surface area contributed by atoms with Crippen molar-refractivity contribution in [3.63, 3.8) is 0 Å². The molecule has 0 radical (unpaired) electrons. The highest BCUT2D eigenvalue weighted by Crippen LogP contribution is 1.98. The number of hydrogen-bond donors (Lipinski definition) is 4. The van der Waals surface area contributed by atoms with Crippen LogP contribution in [-0.2, 0) is 14.4 Å². The summed E-state index contributed by atoms with van der Waals surface area (Å²) in [6, 6.07) is -2.03.